The van der Waals surface area contributed by atoms with Crippen LogP contribution in [-0.4, -0.2) is 48.6 Å². The van der Waals surface area contributed by atoms with Gasteiger partial charge in [0.2, 0.25) is 10.0 Å². The molecule has 1 aliphatic heterocycles. The van der Waals surface area contributed by atoms with Crippen LogP contribution in [-0.2, 0) is 27.8 Å². The summed E-state index contributed by atoms with van der Waals surface area (Å²) in [4.78, 5) is 5.15. The van der Waals surface area contributed by atoms with E-state index in [4.69, 9.17) is 9.72 Å². The second-order valence-corrected chi connectivity index (χ2v) is 11.0. The number of aromatic nitrogens is 2. The lowest BCUT2D eigenvalue weighted by atomic mass is 10.0. The molecule has 184 valence electrons. The smallest absolute Gasteiger partial charge is 0.243 e. The fraction of sp³-hybridized carbons (Fsp3) is 0.370. The lowest BCUT2D eigenvalue weighted by molar-refractivity contribution is 0.0730. The SMILES string of the molecule is CCCn1c(CN[C@@H](C)c2ccc3ccccc3c2)nc2cc(S(=O)(=O)N3CCOCC3)ccc21. The maximum Gasteiger partial charge on any atom is 0.243 e. The van der Waals surface area contributed by atoms with E-state index in [2.05, 4.69) is 66.2 Å². The first-order chi connectivity index (χ1) is 17.0. The summed E-state index contributed by atoms with van der Waals surface area (Å²) in [5.41, 5.74) is 2.90. The highest BCUT2D eigenvalue weighted by Gasteiger charge is 2.27. The molecule has 35 heavy (non-hydrogen) atoms. The number of fused-ring (bicyclic) bond motifs is 2. The first-order valence-corrected chi connectivity index (χ1v) is 13.7. The summed E-state index contributed by atoms with van der Waals surface area (Å²) in [7, 11) is -3.56. The van der Waals surface area contributed by atoms with Gasteiger partial charge in [-0.3, -0.25) is 0 Å². The number of imidazole rings is 1. The maximum atomic E-state index is 13.1. The van der Waals surface area contributed by atoms with Gasteiger partial charge in [0, 0.05) is 25.7 Å². The second kappa shape index (κ2) is 10.1. The average Bonchev–Trinajstić information content (AvgIpc) is 3.24. The highest BCUT2D eigenvalue weighted by molar-refractivity contribution is 7.89. The third kappa shape index (κ3) is 4.84. The Morgan fingerprint density at radius 2 is 1.80 bits per heavy atom. The van der Waals surface area contributed by atoms with Gasteiger partial charge in [0.1, 0.15) is 5.82 Å². The predicted molar refractivity (Wildman–Crippen MR) is 139 cm³/mol. The lowest BCUT2D eigenvalue weighted by Gasteiger charge is -2.26. The number of hydrogen-bond acceptors (Lipinski definition) is 5. The number of rotatable bonds is 8. The summed E-state index contributed by atoms with van der Waals surface area (Å²) in [5.74, 6) is 0.912. The zero-order chi connectivity index (χ0) is 24.4. The molecule has 0 aliphatic carbocycles. The third-order valence-corrected chi connectivity index (χ3v) is 8.59. The quantitative estimate of drug-likeness (QED) is 0.393. The van der Waals surface area contributed by atoms with Gasteiger partial charge in [-0.05, 0) is 53.9 Å². The Labute approximate surface area is 206 Å². The van der Waals surface area contributed by atoms with Crippen LogP contribution in [0, 0.1) is 0 Å². The maximum absolute atomic E-state index is 13.1. The number of sulfonamides is 1. The standard InChI is InChI=1S/C27H32N4O3S/c1-3-12-31-26-11-10-24(35(32,33)30-13-15-34-16-14-30)18-25(26)29-27(31)19-28-20(2)22-9-8-21-6-4-5-7-23(21)17-22/h4-11,17-18,20,28H,3,12-16,19H2,1-2H3/t20-/m0/s1. The summed E-state index contributed by atoms with van der Waals surface area (Å²) in [5, 5.41) is 6.07. The highest BCUT2D eigenvalue weighted by atomic mass is 32.2. The molecule has 4 aromatic rings. The lowest BCUT2D eigenvalue weighted by Crippen LogP contribution is -2.40. The van der Waals surface area contributed by atoms with Crippen LogP contribution in [0.2, 0.25) is 0 Å². The number of nitrogens with one attached hydrogen (secondary N) is 1. The van der Waals surface area contributed by atoms with E-state index < -0.39 is 10.0 Å². The van der Waals surface area contributed by atoms with Crippen LogP contribution in [0.3, 0.4) is 0 Å². The average molecular weight is 493 g/mol. The largest absolute Gasteiger partial charge is 0.379 e. The van der Waals surface area contributed by atoms with Crippen molar-refractivity contribution in [2.24, 2.45) is 0 Å². The highest BCUT2D eigenvalue weighted by Crippen LogP contribution is 2.25. The molecule has 0 saturated carbocycles. The van der Waals surface area contributed by atoms with Gasteiger partial charge in [0.15, 0.2) is 0 Å². The molecular formula is C27H32N4O3S. The van der Waals surface area contributed by atoms with E-state index in [1.165, 1.54) is 20.6 Å². The molecule has 1 aromatic heterocycles. The Morgan fingerprint density at radius 3 is 2.57 bits per heavy atom. The minimum atomic E-state index is -3.56. The van der Waals surface area contributed by atoms with Crippen LogP contribution in [0.1, 0.15) is 37.7 Å². The number of aryl methyl sites for hydroxylation is 1. The molecule has 1 aliphatic rings. The van der Waals surface area contributed by atoms with Crippen molar-refractivity contribution in [1.82, 2.24) is 19.2 Å². The Bertz CT molecular complexity index is 1440. The minimum absolute atomic E-state index is 0.145. The van der Waals surface area contributed by atoms with Crippen molar-refractivity contribution < 1.29 is 13.2 Å². The number of morpholine rings is 1. The van der Waals surface area contributed by atoms with Crippen molar-refractivity contribution in [2.45, 2.75) is 44.3 Å². The summed E-state index contributed by atoms with van der Waals surface area (Å²) < 4.78 is 35.3. The minimum Gasteiger partial charge on any atom is -0.379 e. The fourth-order valence-electron chi connectivity index (χ4n) is 4.70. The van der Waals surface area contributed by atoms with Crippen molar-refractivity contribution in [3.63, 3.8) is 0 Å². The van der Waals surface area contributed by atoms with Crippen LogP contribution in [0.5, 0.6) is 0 Å². The van der Waals surface area contributed by atoms with Gasteiger partial charge in [0.25, 0.3) is 0 Å². The molecule has 0 bridgehead atoms. The molecule has 8 heteroatoms. The molecule has 1 fully saturated rings. The Morgan fingerprint density at radius 1 is 1.03 bits per heavy atom. The van der Waals surface area contributed by atoms with E-state index in [0.717, 1.165) is 24.3 Å². The van der Waals surface area contributed by atoms with E-state index in [1.54, 1.807) is 12.1 Å². The van der Waals surface area contributed by atoms with Crippen molar-refractivity contribution in [2.75, 3.05) is 26.3 Å². The van der Waals surface area contributed by atoms with Crippen molar-refractivity contribution in [3.05, 3.63) is 72.1 Å². The van der Waals surface area contributed by atoms with Crippen molar-refractivity contribution in [1.29, 1.82) is 0 Å². The van der Waals surface area contributed by atoms with Crippen LogP contribution < -0.4 is 5.32 Å². The van der Waals surface area contributed by atoms with Gasteiger partial charge >= 0.3 is 0 Å². The Balaban J connectivity index is 1.40. The summed E-state index contributed by atoms with van der Waals surface area (Å²) in [6, 6.07) is 20.4. The molecule has 3 aromatic carbocycles. The van der Waals surface area contributed by atoms with Crippen LogP contribution in [0.15, 0.2) is 65.6 Å². The van der Waals surface area contributed by atoms with E-state index in [1.807, 2.05) is 6.07 Å². The normalized spacial score (nSPS) is 16.2. The predicted octanol–water partition coefficient (Wildman–Crippen LogP) is 4.47. The van der Waals surface area contributed by atoms with Gasteiger partial charge in [-0.15, -0.1) is 0 Å². The van der Waals surface area contributed by atoms with Crippen LogP contribution in [0.4, 0.5) is 0 Å². The number of hydrogen-bond donors (Lipinski definition) is 1. The monoisotopic (exact) mass is 492 g/mol. The number of benzene rings is 3. The molecular weight excluding hydrogens is 460 g/mol. The van der Waals surface area contributed by atoms with E-state index in [0.29, 0.717) is 38.4 Å². The first kappa shape index (κ1) is 23.9. The van der Waals surface area contributed by atoms with Gasteiger partial charge in [-0.2, -0.15) is 4.31 Å². The molecule has 1 saturated heterocycles. The molecule has 1 atom stereocenters. The van der Waals surface area contributed by atoms with Gasteiger partial charge in [0.05, 0.1) is 35.7 Å². The summed E-state index contributed by atoms with van der Waals surface area (Å²) in [6.07, 6.45) is 0.965. The Kier molecular flexibility index (Phi) is 6.88. The van der Waals surface area contributed by atoms with Gasteiger partial charge in [-0.25, -0.2) is 13.4 Å². The van der Waals surface area contributed by atoms with Crippen molar-refractivity contribution >= 4 is 31.8 Å². The zero-order valence-corrected chi connectivity index (χ0v) is 21.1. The molecule has 2 heterocycles. The van der Waals surface area contributed by atoms with Gasteiger partial charge < -0.3 is 14.6 Å². The van der Waals surface area contributed by atoms with Crippen LogP contribution in [0.25, 0.3) is 21.8 Å². The first-order valence-electron chi connectivity index (χ1n) is 12.3. The Hall–Kier alpha value is -2.78. The topological polar surface area (TPSA) is 76.5 Å². The molecule has 7 nitrogen and oxygen atoms in total. The summed E-state index contributed by atoms with van der Waals surface area (Å²) in [6.45, 7) is 7.33. The molecule has 0 unspecified atom stereocenters. The van der Waals surface area contributed by atoms with Crippen molar-refractivity contribution in [3.8, 4) is 0 Å². The van der Waals surface area contributed by atoms with E-state index in [-0.39, 0.29) is 10.9 Å². The molecule has 0 spiro atoms. The molecule has 0 amide bonds. The van der Waals surface area contributed by atoms with E-state index in [9.17, 15) is 8.42 Å². The number of ether oxygens (including phenoxy) is 1. The molecule has 1 N–H and O–H groups in total. The van der Waals surface area contributed by atoms with Crippen LogP contribution >= 0.6 is 0 Å². The van der Waals surface area contributed by atoms with Gasteiger partial charge in [-0.1, -0.05) is 43.3 Å². The zero-order valence-electron chi connectivity index (χ0n) is 20.3. The molecule has 5 rings (SSSR count). The molecule has 0 radical (unpaired) electrons. The fourth-order valence-corrected chi connectivity index (χ4v) is 6.13. The second-order valence-electron chi connectivity index (χ2n) is 9.06. The third-order valence-electron chi connectivity index (χ3n) is 6.69. The van der Waals surface area contributed by atoms with E-state index >= 15 is 0 Å². The number of nitrogens with zero attached hydrogens (tertiary/aromatic N) is 3. The summed E-state index contributed by atoms with van der Waals surface area (Å²) >= 11 is 0.